The van der Waals surface area contributed by atoms with E-state index < -0.39 is 17.2 Å². The number of rotatable bonds is 7. The molecule has 31 heavy (non-hydrogen) atoms. The quantitative estimate of drug-likeness (QED) is 0.498. The molecule has 2 aromatic heterocycles. The zero-order chi connectivity index (χ0) is 22.1. The van der Waals surface area contributed by atoms with Crippen LogP contribution in [0.25, 0.3) is 21.7 Å². The Bertz CT molecular complexity index is 1390. The fraction of sp³-hybridized carbons (Fsp3) is 0.292. The molecule has 0 bridgehead atoms. The van der Waals surface area contributed by atoms with Gasteiger partial charge in [0.15, 0.2) is 0 Å². The fourth-order valence-corrected chi connectivity index (χ4v) is 4.02. The van der Waals surface area contributed by atoms with Crippen molar-refractivity contribution in [3.05, 3.63) is 81.3 Å². The SMILES string of the molecule is CC(C)Cn1c(=O)n(CCC(=O)O)c(=O)c2cn(Cc3cccc4ccccc34)cc21. The van der Waals surface area contributed by atoms with E-state index in [0.29, 0.717) is 24.0 Å². The molecule has 1 N–H and O–H groups in total. The molecule has 0 fully saturated rings. The Balaban J connectivity index is 1.85. The highest BCUT2D eigenvalue weighted by Crippen LogP contribution is 2.21. The van der Waals surface area contributed by atoms with E-state index in [1.165, 1.54) is 0 Å². The van der Waals surface area contributed by atoms with Crippen LogP contribution in [-0.2, 0) is 24.4 Å². The second kappa shape index (κ2) is 8.26. The minimum Gasteiger partial charge on any atom is -0.481 e. The van der Waals surface area contributed by atoms with Crippen molar-refractivity contribution in [2.24, 2.45) is 5.92 Å². The third kappa shape index (κ3) is 4.03. The number of carboxylic acid groups (broad SMARTS) is 1. The maximum absolute atomic E-state index is 13.0. The highest BCUT2D eigenvalue weighted by molar-refractivity contribution is 5.85. The van der Waals surface area contributed by atoms with Crippen molar-refractivity contribution in [3.8, 4) is 0 Å². The number of hydrogen-bond acceptors (Lipinski definition) is 3. The van der Waals surface area contributed by atoms with Gasteiger partial charge < -0.3 is 9.67 Å². The highest BCUT2D eigenvalue weighted by Gasteiger charge is 2.17. The van der Waals surface area contributed by atoms with Crippen LogP contribution in [0, 0.1) is 5.92 Å². The number of carboxylic acids is 1. The summed E-state index contributed by atoms with van der Waals surface area (Å²) in [5.74, 6) is -0.858. The van der Waals surface area contributed by atoms with Gasteiger partial charge in [0.05, 0.1) is 17.3 Å². The van der Waals surface area contributed by atoms with Crippen LogP contribution in [0.15, 0.2) is 64.4 Å². The van der Waals surface area contributed by atoms with Gasteiger partial charge in [0.1, 0.15) is 0 Å². The van der Waals surface area contributed by atoms with Gasteiger partial charge in [0.2, 0.25) is 0 Å². The lowest BCUT2D eigenvalue weighted by Crippen LogP contribution is -2.40. The molecule has 0 aliphatic rings. The molecular formula is C24H25N3O4. The van der Waals surface area contributed by atoms with Gasteiger partial charge in [-0.2, -0.15) is 0 Å². The summed E-state index contributed by atoms with van der Waals surface area (Å²) in [5.41, 5.74) is 0.783. The molecule has 0 amide bonds. The van der Waals surface area contributed by atoms with E-state index >= 15 is 0 Å². The lowest BCUT2D eigenvalue weighted by Gasteiger charge is -2.13. The zero-order valence-electron chi connectivity index (χ0n) is 17.6. The summed E-state index contributed by atoms with van der Waals surface area (Å²) in [6.07, 6.45) is 3.32. The third-order valence-corrected chi connectivity index (χ3v) is 5.42. The van der Waals surface area contributed by atoms with Crippen molar-refractivity contribution in [2.45, 2.75) is 39.9 Å². The Morgan fingerprint density at radius 3 is 2.45 bits per heavy atom. The molecule has 0 aliphatic heterocycles. The lowest BCUT2D eigenvalue weighted by molar-refractivity contribution is -0.137. The maximum Gasteiger partial charge on any atom is 0.331 e. The second-order valence-electron chi connectivity index (χ2n) is 8.26. The molecule has 0 unspecified atom stereocenters. The smallest absolute Gasteiger partial charge is 0.331 e. The molecule has 0 spiro atoms. The van der Waals surface area contributed by atoms with Crippen LogP contribution >= 0.6 is 0 Å². The first-order chi connectivity index (χ1) is 14.8. The van der Waals surface area contributed by atoms with Gasteiger partial charge in [-0.1, -0.05) is 56.3 Å². The van der Waals surface area contributed by atoms with E-state index in [2.05, 4.69) is 24.3 Å². The Kier molecular flexibility index (Phi) is 5.50. The van der Waals surface area contributed by atoms with E-state index in [0.717, 1.165) is 20.9 Å². The molecular weight excluding hydrogens is 394 g/mol. The van der Waals surface area contributed by atoms with Crippen LogP contribution in [0.4, 0.5) is 0 Å². The molecule has 4 rings (SSSR count). The fourth-order valence-electron chi connectivity index (χ4n) is 4.02. The van der Waals surface area contributed by atoms with Gasteiger partial charge in [-0.05, 0) is 22.3 Å². The average Bonchev–Trinajstić information content (AvgIpc) is 3.15. The number of aromatic nitrogens is 3. The second-order valence-corrected chi connectivity index (χ2v) is 8.26. The molecule has 0 saturated heterocycles. The van der Waals surface area contributed by atoms with Crippen LogP contribution in [0.3, 0.4) is 0 Å². The van der Waals surface area contributed by atoms with Crippen LogP contribution in [0.5, 0.6) is 0 Å². The van der Waals surface area contributed by atoms with E-state index in [1.54, 1.807) is 10.8 Å². The van der Waals surface area contributed by atoms with Gasteiger partial charge in [0, 0.05) is 32.0 Å². The minimum atomic E-state index is -1.05. The van der Waals surface area contributed by atoms with Gasteiger partial charge in [-0.3, -0.25) is 18.7 Å². The molecule has 7 nitrogen and oxygen atoms in total. The average molecular weight is 419 g/mol. The Hall–Kier alpha value is -3.61. The highest BCUT2D eigenvalue weighted by atomic mass is 16.4. The van der Waals surface area contributed by atoms with Gasteiger partial charge in [-0.15, -0.1) is 0 Å². The first-order valence-electron chi connectivity index (χ1n) is 10.4. The summed E-state index contributed by atoms with van der Waals surface area (Å²) in [7, 11) is 0. The van der Waals surface area contributed by atoms with Crippen LogP contribution < -0.4 is 11.2 Å². The van der Waals surface area contributed by atoms with Gasteiger partial charge in [0.25, 0.3) is 5.56 Å². The third-order valence-electron chi connectivity index (χ3n) is 5.42. The zero-order valence-corrected chi connectivity index (χ0v) is 17.6. The predicted octanol–water partition coefficient (Wildman–Crippen LogP) is 3.30. The van der Waals surface area contributed by atoms with Gasteiger partial charge in [-0.25, -0.2) is 4.79 Å². The topological polar surface area (TPSA) is 86.2 Å². The minimum absolute atomic E-state index is 0.143. The molecule has 2 aromatic carbocycles. The van der Waals surface area contributed by atoms with Crippen molar-refractivity contribution in [3.63, 3.8) is 0 Å². The number of hydrogen-bond donors (Lipinski definition) is 1. The van der Waals surface area contributed by atoms with E-state index in [1.807, 2.05) is 42.8 Å². The molecule has 2 heterocycles. The summed E-state index contributed by atoms with van der Waals surface area (Å²) < 4.78 is 4.55. The van der Waals surface area contributed by atoms with Crippen LogP contribution in [-0.4, -0.2) is 24.8 Å². The summed E-state index contributed by atoms with van der Waals surface area (Å²) in [6, 6.07) is 14.3. The van der Waals surface area contributed by atoms with Crippen molar-refractivity contribution in [1.82, 2.24) is 13.7 Å². The molecule has 7 heteroatoms. The van der Waals surface area contributed by atoms with Crippen LogP contribution in [0.1, 0.15) is 25.8 Å². The van der Waals surface area contributed by atoms with E-state index in [-0.39, 0.29) is 18.9 Å². The standard InChI is InChI=1S/C24H25N3O4/c1-16(2)12-27-21-15-25(13-18-8-5-7-17-6-3-4-9-19(17)18)14-20(21)23(30)26(24(27)31)11-10-22(28)29/h3-9,14-16H,10-13H2,1-2H3,(H,28,29). The normalized spacial score (nSPS) is 11.6. The summed E-state index contributed by atoms with van der Waals surface area (Å²) in [6.45, 7) is 4.85. The largest absolute Gasteiger partial charge is 0.481 e. The monoisotopic (exact) mass is 419 g/mol. The lowest BCUT2D eigenvalue weighted by atomic mass is 10.0. The predicted molar refractivity (Wildman–Crippen MR) is 121 cm³/mol. The summed E-state index contributed by atoms with van der Waals surface area (Å²) in [5, 5.41) is 11.7. The summed E-state index contributed by atoms with van der Waals surface area (Å²) in [4.78, 5) is 37.0. The number of benzene rings is 2. The van der Waals surface area contributed by atoms with E-state index in [9.17, 15) is 14.4 Å². The first kappa shape index (κ1) is 20.7. The van der Waals surface area contributed by atoms with Crippen LogP contribution in [0.2, 0.25) is 0 Å². The summed E-state index contributed by atoms with van der Waals surface area (Å²) >= 11 is 0. The van der Waals surface area contributed by atoms with Crippen molar-refractivity contribution in [1.29, 1.82) is 0 Å². The van der Waals surface area contributed by atoms with Crippen molar-refractivity contribution < 1.29 is 9.90 Å². The number of aliphatic carboxylic acids is 1. The number of carbonyl (C=O) groups is 1. The first-order valence-corrected chi connectivity index (χ1v) is 10.4. The number of fused-ring (bicyclic) bond motifs is 2. The Morgan fingerprint density at radius 1 is 0.968 bits per heavy atom. The van der Waals surface area contributed by atoms with Gasteiger partial charge >= 0.3 is 11.7 Å². The maximum atomic E-state index is 13.0. The molecule has 4 aromatic rings. The molecule has 0 aliphatic carbocycles. The molecule has 0 radical (unpaired) electrons. The Labute approximate surface area is 178 Å². The van der Waals surface area contributed by atoms with Crippen molar-refractivity contribution >= 4 is 27.6 Å². The molecule has 0 atom stereocenters. The number of nitrogens with zero attached hydrogens (tertiary/aromatic N) is 3. The van der Waals surface area contributed by atoms with E-state index in [4.69, 9.17) is 5.11 Å². The Morgan fingerprint density at radius 2 is 1.71 bits per heavy atom. The molecule has 160 valence electrons. The van der Waals surface area contributed by atoms with Crippen molar-refractivity contribution in [2.75, 3.05) is 0 Å². The molecule has 0 saturated carbocycles.